The van der Waals surface area contributed by atoms with Crippen molar-refractivity contribution in [3.05, 3.63) is 53.3 Å². The molecule has 0 heterocycles. The minimum Gasteiger partial charge on any atom is -0.503 e. The number of ether oxygens (including phenoxy) is 2. The van der Waals surface area contributed by atoms with Crippen LogP contribution in [0.3, 0.4) is 0 Å². The molecule has 0 aliphatic heterocycles. The van der Waals surface area contributed by atoms with Crippen molar-refractivity contribution >= 4 is 11.5 Å². The SMILES string of the molecule is CO/C=C(/C(=O)OC)C1=CCc2ccccc21. The van der Waals surface area contributed by atoms with Crippen LogP contribution in [0.15, 0.2) is 42.2 Å². The maximum atomic E-state index is 11.7. The average Bonchev–Trinajstić information content (AvgIpc) is 2.79. The number of benzene rings is 1. The zero-order valence-corrected chi connectivity index (χ0v) is 9.90. The van der Waals surface area contributed by atoms with E-state index in [-0.39, 0.29) is 5.97 Å². The molecule has 1 aliphatic carbocycles. The Balaban J connectivity index is 2.41. The topological polar surface area (TPSA) is 35.5 Å². The lowest BCUT2D eigenvalue weighted by Gasteiger charge is -2.08. The second kappa shape index (κ2) is 4.87. The van der Waals surface area contributed by atoms with Crippen LogP contribution in [-0.2, 0) is 20.7 Å². The Hall–Kier alpha value is -2.03. The van der Waals surface area contributed by atoms with Crippen molar-refractivity contribution in [2.45, 2.75) is 6.42 Å². The van der Waals surface area contributed by atoms with E-state index in [1.54, 1.807) is 0 Å². The molecule has 0 amide bonds. The van der Waals surface area contributed by atoms with E-state index < -0.39 is 0 Å². The van der Waals surface area contributed by atoms with Crippen molar-refractivity contribution in [1.29, 1.82) is 0 Å². The molecule has 2 rings (SSSR count). The van der Waals surface area contributed by atoms with Gasteiger partial charge in [-0.2, -0.15) is 0 Å². The van der Waals surface area contributed by atoms with Gasteiger partial charge in [-0.05, 0) is 23.1 Å². The lowest BCUT2D eigenvalue weighted by molar-refractivity contribution is -0.135. The molecule has 1 aliphatic rings. The van der Waals surface area contributed by atoms with E-state index in [0.29, 0.717) is 5.57 Å². The second-order valence-electron chi connectivity index (χ2n) is 3.74. The molecule has 88 valence electrons. The predicted octanol–water partition coefficient (Wildman–Crippen LogP) is 2.33. The monoisotopic (exact) mass is 230 g/mol. The fourth-order valence-electron chi connectivity index (χ4n) is 1.99. The first-order valence-corrected chi connectivity index (χ1v) is 5.38. The lowest BCUT2D eigenvalue weighted by atomic mass is 10.0. The highest BCUT2D eigenvalue weighted by Gasteiger charge is 2.22. The molecule has 1 aromatic rings. The summed E-state index contributed by atoms with van der Waals surface area (Å²) >= 11 is 0. The zero-order valence-electron chi connectivity index (χ0n) is 9.90. The number of methoxy groups -OCH3 is 2. The van der Waals surface area contributed by atoms with Crippen molar-refractivity contribution in [2.75, 3.05) is 14.2 Å². The summed E-state index contributed by atoms with van der Waals surface area (Å²) in [5.41, 5.74) is 3.63. The molecule has 0 fully saturated rings. The summed E-state index contributed by atoms with van der Waals surface area (Å²) < 4.78 is 9.71. The van der Waals surface area contributed by atoms with Crippen LogP contribution in [0.1, 0.15) is 11.1 Å². The van der Waals surface area contributed by atoms with Crippen LogP contribution >= 0.6 is 0 Å². The average molecular weight is 230 g/mol. The molecule has 1 aromatic carbocycles. The molecular formula is C14H14O3. The number of fused-ring (bicyclic) bond motifs is 1. The maximum absolute atomic E-state index is 11.7. The summed E-state index contributed by atoms with van der Waals surface area (Å²) in [6.45, 7) is 0. The Bertz CT molecular complexity index is 498. The van der Waals surface area contributed by atoms with Crippen LogP contribution < -0.4 is 0 Å². The fraction of sp³-hybridized carbons (Fsp3) is 0.214. The number of carbonyl (C=O) groups is 1. The Kier molecular flexibility index (Phi) is 3.28. The van der Waals surface area contributed by atoms with Gasteiger partial charge in [-0.25, -0.2) is 4.79 Å². The Morgan fingerprint density at radius 1 is 1.29 bits per heavy atom. The number of hydrogen-bond acceptors (Lipinski definition) is 3. The van der Waals surface area contributed by atoms with Crippen LogP contribution in [0.5, 0.6) is 0 Å². The van der Waals surface area contributed by atoms with Crippen molar-refractivity contribution in [1.82, 2.24) is 0 Å². The van der Waals surface area contributed by atoms with Gasteiger partial charge in [0, 0.05) is 0 Å². The molecular weight excluding hydrogens is 216 g/mol. The molecule has 0 N–H and O–H groups in total. The quantitative estimate of drug-likeness (QED) is 0.454. The molecule has 3 heteroatoms. The first-order valence-electron chi connectivity index (χ1n) is 5.38. The number of rotatable bonds is 3. The van der Waals surface area contributed by atoms with Gasteiger partial charge in [0.1, 0.15) is 5.57 Å². The van der Waals surface area contributed by atoms with Crippen LogP contribution in [0, 0.1) is 0 Å². The normalized spacial score (nSPS) is 14.0. The van der Waals surface area contributed by atoms with E-state index in [9.17, 15) is 4.79 Å². The minimum atomic E-state index is -0.380. The first-order chi connectivity index (χ1) is 8.27. The molecule has 0 bridgehead atoms. The molecule has 0 atom stereocenters. The number of carbonyl (C=O) groups excluding carboxylic acids is 1. The van der Waals surface area contributed by atoms with Gasteiger partial charge in [-0.15, -0.1) is 0 Å². The van der Waals surface area contributed by atoms with Gasteiger partial charge >= 0.3 is 5.97 Å². The first kappa shape index (κ1) is 11.5. The third kappa shape index (κ3) is 2.09. The second-order valence-corrected chi connectivity index (χ2v) is 3.74. The predicted molar refractivity (Wildman–Crippen MR) is 65.2 cm³/mol. The van der Waals surface area contributed by atoms with E-state index >= 15 is 0 Å². The minimum absolute atomic E-state index is 0.380. The highest BCUT2D eigenvalue weighted by atomic mass is 16.5. The van der Waals surface area contributed by atoms with Crippen LogP contribution in [0.2, 0.25) is 0 Å². The summed E-state index contributed by atoms with van der Waals surface area (Å²) in [4.78, 5) is 11.7. The lowest BCUT2D eigenvalue weighted by Crippen LogP contribution is -2.06. The van der Waals surface area contributed by atoms with Gasteiger partial charge in [0.15, 0.2) is 0 Å². The highest BCUT2D eigenvalue weighted by Crippen LogP contribution is 2.32. The smallest absolute Gasteiger partial charge is 0.341 e. The van der Waals surface area contributed by atoms with E-state index in [1.807, 2.05) is 24.3 Å². The third-order valence-electron chi connectivity index (χ3n) is 2.76. The van der Waals surface area contributed by atoms with E-state index in [4.69, 9.17) is 9.47 Å². The number of esters is 1. The molecule has 0 aromatic heterocycles. The van der Waals surface area contributed by atoms with Crippen LogP contribution in [-0.4, -0.2) is 20.2 Å². The number of allylic oxidation sites excluding steroid dienone is 1. The van der Waals surface area contributed by atoms with E-state index in [0.717, 1.165) is 17.6 Å². The molecule has 0 saturated heterocycles. The summed E-state index contributed by atoms with van der Waals surface area (Å²) in [6.07, 6.45) is 4.29. The summed E-state index contributed by atoms with van der Waals surface area (Å²) in [6, 6.07) is 8.01. The van der Waals surface area contributed by atoms with Gasteiger partial charge in [-0.1, -0.05) is 30.3 Å². The van der Waals surface area contributed by atoms with Gasteiger partial charge in [0.05, 0.1) is 20.5 Å². The van der Waals surface area contributed by atoms with Gasteiger partial charge in [-0.3, -0.25) is 0 Å². The van der Waals surface area contributed by atoms with Crippen molar-refractivity contribution in [3.8, 4) is 0 Å². The summed E-state index contributed by atoms with van der Waals surface area (Å²) in [5, 5.41) is 0. The Morgan fingerprint density at radius 3 is 2.76 bits per heavy atom. The standard InChI is InChI=1S/C14H14O3/c1-16-9-13(14(15)17-2)12-8-7-10-5-3-4-6-11(10)12/h3-6,8-9H,7H2,1-2H3/b13-9+. The summed E-state index contributed by atoms with van der Waals surface area (Å²) in [7, 11) is 2.89. The largest absolute Gasteiger partial charge is 0.503 e. The highest BCUT2D eigenvalue weighted by molar-refractivity contribution is 6.07. The molecule has 0 unspecified atom stereocenters. The molecule has 17 heavy (non-hydrogen) atoms. The maximum Gasteiger partial charge on any atom is 0.341 e. The van der Waals surface area contributed by atoms with Crippen molar-refractivity contribution in [3.63, 3.8) is 0 Å². The molecule has 0 radical (unpaired) electrons. The van der Waals surface area contributed by atoms with E-state index in [1.165, 1.54) is 26.0 Å². The molecule has 3 nitrogen and oxygen atoms in total. The van der Waals surface area contributed by atoms with Gasteiger partial charge in [0.2, 0.25) is 0 Å². The Labute approximate surface area is 100 Å². The fourth-order valence-corrected chi connectivity index (χ4v) is 1.99. The van der Waals surface area contributed by atoms with Crippen molar-refractivity contribution < 1.29 is 14.3 Å². The zero-order chi connectivity index (χ0) is 12.3. The van der Waals surface area contributed by atoms with E-state index in [2.05, 4.69) is 6.07 Å². The van der Waals surface area contributed by atoms with Crippen LogP contribution in [0.25, 0.3) is 5.57 Å². The van der Waals surface area contributed by atoms with Crippen molar-refractivity contribution in [2.24, 2.45) is 0 Å². The Morgan fingerprint density at radius 2 is 2.06 bits per heavy atom. The number of hydrogen-bond donors (Lipinski definition) is 0. The van der Waals surface area contributed by atoms with Gasteiger partial charge < -0.3 is 9.47 Å². The summed E-state index contributed by atoms with van der Waals surface area (Å²) in [5.74, 6) is -0.380. The molecule has 0 spiro atoms. The third-order valence-corrected chi connectivity index (χ3v) is 2.76. The van der Waals surface area contributed by atoms with Crippen LogP contribution in [0.4, 0.5) is 0 Å². The van der Waals surface area contributed by atoms with Gasteiger partial charge in [0.25, 0.3) is 0 Å². The molecule has 0 saturated carbocycles.